The average Bonchev–Trinajstić information content (AvgIpc) is 2.86. The molecule has 0 aromatic rings. The van der Waals surface area contributed by atoms with Gasteiger partial charge in [-0.05, 0) is 103 Å². The van der Waals surface area contributed by atoms with Crippen molar-refractivity contribution in [3.63, 3.8) is 0 Å². The average molecular weight is 416 g/mol. The van der Waals surface area contributed by atoms with Gasteiger partial charge in [0.15, 0.2) is 8.32 Å². The van der Waals surface area contributed by atoms with Crippen LogP contribution in [-0.4, -0.2) is 14.4 Å². The Morgan fingerprint density at radius 2 is 1.62 bits per heavy atom. The number of fused-ring (bicyclic) bond motifs is 3. The van der Waals surface area contributed by atoms with Gasteiger partial charge in [-0.3, -0.25) is 0 Å². The summed E-state index contributed by atoms with van der Waals surface area (Å²) in [5.41, 5.74) is 1.16. The summed E-state index contributed by atoms with van der Waals surface area (Å²) in [5.74, 6) is 2.62. The molecule has 0 N–H and O–H groups in total. The lowest BCUT2D eigenvalue weighted by molar-refractivity contribution is -0.177. The summed E-state index contributed by atoms with van der Waals surface area (Å²) < 4.78 is 7.08. The lowest BCUT2D eigenvalue weighted by Gasteiger charge is -2.66. The van der Waals surface area contributed by atoms with E-state index in [-0.39, 0.29) is 10.5 Å². The van der Waals surface area contributed by atoms with Crippen molar-refractivity contribution >= 4 is 8.32 Å². The number of rotatable bonds is 2. The molecule has 7 atom stereocenters. The number of hydrogen-bond acceptors (Lipinski definition) is 2. The van der Waals surface area contributed by atoms with Crippen LogP contribution in [0.2, 0.25) is 18.1 Å². The largest absolute Gasteiger partial charge is 0.413 e. The van der Waals surface area contributed by atoms with E-state index in [4.69, 9.17) is 4.43 Å². The molecule has 0 aliphatic heterocycles. The third kappa shape index (κ3) is 3.10. The van der Waals surface area contributed by atoms with Crippen molar-refractivity contribution in [1.82, 2.24) is 0 Å². The van der Waals surface area contributed by atoms with E-state index in [1.807, 2.05) is 0 Å². The van der Waals surface area contributed by atoms with Crippen LogP contribution in [0.3, 0.4) is 0 Å². The van der Waals surface area contributed by atoms with Crippen molar-refractivity contribution in [3.8, 4) is 6.07 Å². The van der Waals surface area contributed by atoms with Gasteiger partial charge in [0.1, 0.15) is 0 Å². The third-order valence-corrected chi connectivity index (χ3v) is 15.5. The monoisotopic (exact) mass is 415 g/mol. The van der Waals surface area contributed by atoms with Crippen LogP contribution in [0.4, 0.5) is 0 Å². The van der Waals surface area contributed by atoms with Gasteiger partial charge in [-0.2, -0.15) is 5.26 Å². The SMILES string of the molecule is CC1(C)C(O[Si](C)(C)C(C)(C)C)CCC2(C)C1CC[C@]13CC(C#N)C(CCC21)C3. The van der Waals surface area contributed by atoms with Crippen LogP contribution in [0.5, 0.6) is 0 Å². The number of hydrogen-bond donors (Lipinski definition) is 0. The molecule has 4 aliphatic carbocycles. The summed E-state index contributed by atoms with van der Waals surface area (Å²) >= 11 is 0. The van der Waals surface area contributed by atoms with E-state index in [0.717, 1.165) is 11.8 Å². The summed E-state index contributed by atoms with van der Waals surface area (Å²) in [6.07, 6.45) is 10.9. The Labute approximate surface area is 181 Å². The van der Waals surface area contributed by atoms with E-state index in [1.165, 1.54) is 51.4 Å². The predicted molar refractivity (Wildman–Crippen MR) is 123 cm³/mol. The highest BCUT2D eigenvalue weighted by Crippen LogP contribution is 2.72. The van der Waals surface area contributed by atoms with Gasteiger partial charge in [-0.1, -0.05) is 41.5 Å². The molecule has 0 radical (unpaired) electrons. The van der Waals surface area contributed by atoms with Gasteiger partial charge in [-0.15, -0.1) is 0 Å². The van der Waals surface area contributed by atoms with E-state index >= 15 is 0 Å². The van der Waals surface area contributed by atoms with Crippen molar-refractivity contribution in [2.24, 2.45) is 39.9 Å². The summed E-state index contributed by atoms with van der Waals surface area (Å²) in [4.78, 5) is 0. The molecule has 4 fully saturated rings. The summed E-state index contributed by atoms with van der Waals surface area (Å²) in [6, 6.07) is 2.70. The summed E-state index contributed by atoms with van der Waals surface area (Å²) in [6.45, 7) is 19.7. The van der Waals surface area contributed by atoms with Crippen LogP contribution in [0.1, 0.15) is 92.9 Å². The lowest BCUT2D eigenvalue weighted by Crippen LogP contribution is -2.61. The summed E-state index contributed by atoms with van der Waals surface area (Å²) in [7, 11) is -1.76. The van der Waals surface area contributed by atoms with Crippen molar-refractivity contribution in [3.05, 3.63) is 0 Å². The molecule has 0 aromatic heterocycles. The molecular weight excluding hydrogens is 370 g/mol. The zero-order chi connectivity index (χ0) is 21.5. The molecule has 2 nitrogen and oxygen atoms in total. The van der Waals surface area contributed by atoms with Gasteiger partial charge in [0.05, 0.1) is 12.2 Å². The van der Waals surface area contributed by atoms with Gasteiger partial charge < -0.3 is 4.43 Å². The molecule has 164 valence electrons. The Morgan fingerprint density at radius 3 is 2.24 bits per heavy atom. The summed E-state index contributed by atoms with van der Waals surface area (Å²) in [5, 5.41) is 10.00. The number of nitriles is 1. The molecular formula is C26H45NOSi. The highest BCUT2D eigenvalue weighted by Gasteiger charge is 2.65. The molecule has 29 heavy (non-hydrogen) atoms. The Balaban J connectivity index is 1.61. The zero-order valence-electron chi connectivity index (χ0n) is 20.4. The lowest BCUT2D eigenvalue weighted by atomic mass is 9.41. The quantitative estimate of drug-likeness (QED) is 0.436. The van der Waals surface area contributed by atoms with Gasteiger partial charge in [0, 0.05) is 5.92 Å². The fourth-order valence-electron chi connectivity index (χ4n) is 8.54. The zero-order valence-corrected chi connectivity index (χ0v) is 21.4. The Bertz CT molecular complexity index is 700. The first-order valence-corrected chi connectivity index (χ1v) is 15.3. The minimum atomic E-state index is -1.76. The molecule has 1 spiro atoms. The highest BCUT2D eigenvalue weighted by atomic mass is 28.4. The second kappa shape index (κ2) is 6.58. The van der Waals surface area contributed by atoms with E-state index < -0.39 is 8.32 Å². The van der Waals surface area contributed by atoms with Crippen molar-refractivity contribution < 1.29 is 4.43 Å². The first-order valence-electron chi connectivity index (χ1n) is 12.3. The van der Waals surface area contributed by atoms with Gasteiger partial charge in [0.2, 0.25) is 0 Å². The molecule has 0 amide bonds. The van der Waals surface area contributed by atoms with Gasteiger partial charge >= 0.3 is 0 Å². The molecule has 4 rings (SSSR count). The van der Waals surface area contributed by atoms with Crippen molar-refractivity contribution in [2.75, 3.05) is 0 Å². The second-order valence-electron chi connectivity index (χ2n) is 13.7. The smallest absolute Gasteiger partial charge is 0.192 e. The minimum absolute atomic E-state index is 0.244. The molecule has 6 unspecified atom stereocenters. The van der Waals surface area contributed by atoms with Crippen LogP contribution in [-0.2, 0) is 4.43 Å². The van der Waals surface area contributed by atoms with Crippen LogP contribution in [0.15, 0.2) is 0 Å². The maximum atomic E-state index is 9.73. The molecule has 3 heteroatoms. The van der Waals surface area contributed by atoms with Crippen LogP contribution in [0, 0.1) is 51.2 Å². The minimum Gasteiger partial charge on any atom is -0.413 e. The molecule has 0 saturated heterocycles. The van der Waals surface area contributed by atoms with Crippen LogP contribution < -0.4 is 0 Å². The van der Waals surface area contributed by atoms with Crippen molar-refractivity contribution in [1.29, 1.82) is 5.26 Å². The second-order valence-corrected chi connectivity index (χ2v) is 18.5. The molecule has 0 aromatic carbocycles. The number of nitrogens with zero attached hydrogens (tertiary/aromatic N) is 1. The van der Waals surface area contributed by atoms with E-state index in [9.17, 15) is 5.26 Å². The normalized spacial score (nSPS) is 46.5. The van der Waals surface area contributed by atoms with Crippen LogP contribution in [0.25, 0.3) is 0 Å². The standard InChI is InChI=1S/C26H45NOSi/c1-23(2,3)29(7,8)28-22-12-13-25(6)20(24(22,4)5)11-14-26-15-18(9-10-21(25)26)19(16-26)17-27/h18-22H,9-16H2,1-8H3/t18?,19?,20?,21?,22?,25?,26-/m0/s1. The fraction of sp³-hybridized carbons (Fsp3) is 0.962. The van der Waals surface area contributed by atoms with E-state index in [1.54, 1.807) is 0 Å². The first kappa shape index (κ1) is 21.9. The Kier molecular flexibility index (Phi) is 4.97. The fourth-order valence-corrected chi connectivity index (χ4v) is 10.0. The topological polar surface area (TPSA) is 33.0 Å². The molecule has 4 saturated carbocycles. The molecule has 4 aliphatic rings. The maximum absolute atomic E-state index is 9.73. The van der Waals surface area contributed by atoms with Crippen LogP contribution >= 0.6 is 0 Å². The van der Waals surface area contributed by atoms with Gasteiger partial charge in [-0.25, -0.2) is 0 Å². The molecule has 0 heterocycles. The first-order chi connectivity index (χ1) is 13.3. The Hall–Kier alpha value is -0.333. The highest BCUT2D eigenvalue weighted by molar-refractivity contribution is 6.74. The maximum Gasteiger partial charge on any atom is 0.192 e. The third-order valence-electron chi connectivity index (χ3n) is 11.0. The Morgan fingerprint density at radius 1 is 0.931 bits per heavy atom. The van der Waals surface area contributed by atoms with E-state index in [2.05, 4.69) is 60.7 Å². The van der Waals surface area contributed by atoms with E-state index in [0.29, 0.717) is 28.8 Å². The van der Waals surface area contributed by atoms with Crippen molar-refractivity contribution in [2.45, 2.75) is 117 Å². The van der Waals surface area contributed by atoms with Gasteiger partial charge in [0.25, 0.3) is 0 Å². The molecule has 2 bridgehead atoms. The predicted octanol–water partition coefficient (Wildman–Crippen LogP) is 7.56.